The summed E-state index contributed by atoms with van der Waals surface area (Å²) in [5.41, 5.74) is 3.07. The lowest BCUT2D eigenvalue weighted by Gasteiger charge is -2.27. The number of nitrogens with one attached hydrogen (secondary N) is 1. The van der Waals surface area contributed by atoms with E-state index in [9.17, 15) is 9.59 Å². The molecule has 1 N–H and O–H groups in total. The second kappa shape index (κ2) is 8.13. The van der Waals surface area contributed by atoms with E-state index in [1.54, 1.807) is 12.1 Å². The third-order valence-corrected chi connectivity index (χ3v) is 5.49. The average Bonchev–Trinajstić information content (AvgIpc) is 3.14. The monoisotopic (exact) mass is 385 g/mol. The number of carbonyl (C=O) groups excluding carboxylic acids is 2. The predicted molar refractivity (Wildman–Crippen MR) is 107 cm³/mol. The molecule has 3 rings (SSSR count). The molecule has 0 aromatic heterocycles. The SMILES string of the molecule is Cc1ccc(NC(=O)COC(=O)C2(c3ccc(Cl)cc3)CCCC2)c(C)c1. The normalized spacial score (nSPS) is 15.4. The van der Waals surface area contributed by atoms with E-state index in [1.165, 1.54) is 0 Å². The van der Waals surface area contributed by atoms with Gasteiger partial charge in [0.1, 0.15) is 0 Å². The summed E-state index contributed by atoms with van der Waals surface area (Å²) < 4.78 is 5.43. The van der Waals surface area contributed by atoms with Crippen LogP contribution in [-0.2, 0) is 19.7 Å². The van der Waals surface area contributed by atoms with Crippen LogP contribution in [0.4, 0.5) is 5.69 Å². The first-order chi connectivity index (χ1) is 12.9. The molecule has 0 aliphatic heterocycles. The number of hydrogen-bond acceptors (Lipinski definition) is 3. The standard InChI is InChI=1S/C22H24ClNO3/c1-15-5-10-19(16(2)13-15)24-20(25)14-27-21(26)22(11-3-4-12-22)17-6-8-18(23)9-7-17/h5-10,13H,3-4,11-12,14H2,1-2H3,(H,24,25). The molecule has 0 radical (unpaired) electrons. The minimum absolute atomic E-state index is 0.290. The Morgan fingerprint density at radius 1 is 1.07 bits per heavy atom. The molecule has 1 aliphatic rings. The number of benzene rings is 2. The van der Waals surface area contributed by atoms with Gasteiger partial charge in [-0.05, 0) is 56.0 Å². The van der Waals surface area contributed by atoms with Crippen LogP contribution in [0.15, 0.2) is 42.5 Å². The zero-order chi connectivity index (χ0) is 19.4. The van der Waals surface area contributed by atoms with Crippen LogP contribution in [0, 0.1) is 13.8 Å². The van der Waals surface area contributed by atoms with Crippen molar-refractivity contribution in [2.45, 2.75) is 44.9 Å². The highest BCUT2D eigenvalue weighted by Gasteiger charge is 2.44. The Bertz CT molecular complexity index is 839. The molecule has 0 saturated heterocycles. The van der Waals surface area contributed by atoms with Gasteiger partial charge in [-0.1, -0.05) is 54.3 Å². The molecule has 5 heteroatoms. The van der Waals surface area contributed by atoms with Crippen molar-refractivity contribution in [3.05, 3.63) is 64.2 Å². The van der Waals surface area contributed by atoms with Crippen molar-refractivity contribution >= 4 is 29.2 Å². The van der Waals surface area contributed by atoms with E-state index in [2.05, 4.69) is 5.32 Å². The number of hydrogen-bond donors (Lipinski definition) is 1. The Morgan fingerprint density at radius 3 is 2.37 bits per heavy atom. The van der Waals surface area contributed by atoms with Crippen LogP contribution in [0.25, 0.3) is 0 Å². The summed E-state index contributed by atoms with van der Waals surface area (Å²) >= 11 is 5.98. The number of anilines is 1. The molecule has 4 nitrogen and oxygen atoms in total. The van der Waals surface area contributed by atoms with E-state index in [1.807, 2.05) is 44.2 Å². The lowest BCUT2D eigenvalue weighted by Crippen LogP contribution is -2.36. The first kappa shape index (κ1) is 19.4. The third-order valence-electron chi connectivity index (χ3n) is 5.24. The van der Waals surface area contributed by atoms with Crippen molar-refractivity contribution in [2.75, 3.05) is 11.9 Å². The molecule has 0 spiro atoms. The van der Waals surface area contributed by atoms with Gasteiger partial charge >= 0.3 is 5.97 Å². The first-order valence-corrected chi connectivity index (χ1v) is 9.59. The maximum Gasteiger partial charge on any atom is 0.317 e. The van der Waals surface area contributed by atoms with Gasteiger partial charge < -0.3 is 10.1 Å². The van der Waals surface area contributed by atoms with Gasteiger partial charge in [0.25, 0.3) is 5.91 Å². The smallest absolute Gasteiger partial charge is 0.317 e. The molecule has 1 aliphatic carbocycles. The highest BCUT2D eigenvalue weighted by Crippen LogP contribution is 2.42. The molecule has 1 amide bonds. The number of rotatable bonds is 5. The molecule has 0 unspecified atom stereocenters. The summed E-state index contributed by atoms with van der Waals surface area (Å²) in [7, 11) is 0. The zero-order valence-electron chi connectivity index (χ0n) is 15.7. The molecule has 0 heterocycles. The molecule has 1 saturated carbocycles. The van der Waals surface area contributed by atoms with Crippen molar-refractivity contribution in [1.29, 1.82) is 0 Å². The highest BCUT2D eigenvalue weighted by atomic mass is 35.5. The molecule has 1 fully saturated rings. The average molecular weight is 386 g/mol. The molecule has 2 aromatic carbocycles. The minimum Gasteiger partial charge on any atom is -0.455 e. The van der Waals surface area contributed by atoms with E-state index in [0.29, 0.717) is 5.02 Å². The van der Waals surface area contributed by atoms with Crippen LogP contribution >= 0.6 is 11.6 Å². The van der Waals surface area contributed by atoms with Crippen molar-refractivity contribution in [3.63, 3.8) is 0 Å². The number of halogens is 1. The highest BCUT2D eigenvalue weighted by molar-refractivity contribution is 6.30. The van der Waals surface area contributed by atoms with E-state index in [-0.39, 0.29) is 18.5 Å². The number of ether oxygens (including phenoxy) is 1. The molecular weight excluding hydrogens is 362 g/mol. The Kier molecular flexibility index (Phi) is 5.85. The summed E-state index contributed by atoms with van der Waals surface area (Å²) in [4.78, 5) is 25.1. The Labute approximate surface area is 164 Å². The summed E-state index contributed by atoms with van der Waals surface area (Å²) in [6, 6.07) is 13.1. The second-order valence-corrected chi connectivity index (χ2v) is 7.68. The number of amides is 1. The van der Waals surface area contributed by atoms with E-state index < -0.39 is 5.41 Å². The molecule has 142 valence electrons. The van der Waals surface area contributed by atoms with Crippen LogP contribution in [0.2, 0.25) is 5.02 Å². The van der Waals surface area contributed by atoms with Gasteiger partial charge in [0.05, 0.1) is 5.41 Å². The van der Waals surface area contributed by atoms with Crippen molar-refractivity contribution in [2.24, 2.45) is 0 Å². The Morgan fingerprint density at radius 2 is 1.74 bits per heavy atom. The van der Waals surface area contributed by atoms with Gasteiger partial charge in [-0.3, -0.25) is 9.59 Å². The summed E-state index contributed by atoms with van der Waals surface area (Å²) in [6.45, 7) is 3.64. The van der Waals surface area contributed by atoms with Crippen molar-refractivity contribution in [3.8, 4) is 0 Å². The van der Waals surface area contributed by atoms with Crippen molar-refractivity contribution in [1.82, 2.24) is 0 Å². The predicted octanol–water partition coefficient (Wildman–Crippen LogP) is 4.95. The Hall–Kier alpha value is -2.33. The zero-order valence-corrected chi connectivity index (χ0v) is 16.4. The van der Waals surface area contributed by atoms with Crippen LogP contribution in [0.5, 0.6) is 0 Å². The van der Waals surface area contributed by atoms with E-state index >= 15 is 0 Å². The number of carbonyl (C=O) groups is 2. The second-order valence-electron chi connectivity index (χ2n) is 7.24. The van der Waals surface area contributed by atoms with Crippen LogP contribution in [0.3, 0.4) is 0 Å². The fourth-order valence-corrected chi connectivity index (χ4v) is 3.89. The van der Waals surface area contributed by atoms with Gasteiger partial charge in [-0.25, -0.2) is 0 Å². The molecule has 0 atom stereocenters. The van der Waals surface area contributed by atoms with Gasteiger partial charge in [0.2, 0.25) is 0 Å². The molecular formula is C22H24ClNO3. The van der Waals surface area contributed by atoms with E-state index in [4.69, 9.17) is 16.3 Å². The van der Waals surface area contributed by atoms with Crippen LogP contribution < -0.4 is 5.32 Å². The fourth-order valence-electron chi connectivity index (χ4n) is 3.77. The maximum atomic E-state index is 12.9. The number of esters is 1. The van der Waals surface area contributed by atoms with Gasteiger partial charge in [-0.2, -0.15) is 0 Å². The van der Waals surface area contributed by atoms with Crippen molar-refractivity contribution < 1.29 is 14.3 Å². The van der Waals surface area contributed by atoms with Crippen LogP contribution in [-0.4, -0.2) is 18.5 Å². The third kappa shape index (κ3) is 4.33. The van der Waals surface area contributed by atoms with Crippen LogP contribution in [0.1, 0.15) is 42.4 Å². The summed E-state index contributed by atoms with van der Waals surface area (Å²) in [6.07, 6.45) is 3.39. The lowest BCUT2D eigenvalue weighted by atomic mass is 9.79. The Balaban J connectivity index is 1.66. The maximum absolute atomic E-state index is 12.9. The van der Waals surface area contributed by atoms with Gasteiger partial charge in [-0.15, -0.1) is 0 Å². The molecule has 2 aromatic rings. The minimum atomic E-state index is -0.676. The summed E-state index contributed by atoms with van der Waals surface area (Å²) in [5, 5.41) is 3.44. The largest absolute Gasteiger partial charge is 0.455 e. The summed E-state index contributed by atoms with van der Waals surface area (Å²) in [5.74, 6) is -0.669. The molecule has 27 heavy (non-hydrogen) atoms. The first-order valence-electron chi connectivity index (χ1n) is 9.21. The lowest BCUT2D eigenvalue weighted by molar-refractivity contribution is -0.153. The van der Waals surface area contributed by atoms with Gasteiger partial charge in [0, 0.05) is 10.7 Å². The number of aryl methyl sites for hydroxylation is 2. The van der Waals surface area contributed by atoms with E-state index in [0.717, 1.165) is 48.1 Å². The topological polar surface area (TPSA) is 55.4 Å². The molecule has 0 bridgehead atoms. The van der Waals surface area contributed by atoms with Gasteiger partial charge in [0.15, 0.2) is 6.61 Å². The quantitative estimate of drug-likeness (QED) is 0.741. The fraction of sp³-hybridized carbons (Fsp3) is 0.364.